The highest BCUT2D eigenvalue weighted by Gasteiger charge is 2.56. The number of benzene rings is 2. The topological polar surface area (TPSA) is 143 Å². The normalized spacial score (nSPS) is 20.1. The molecular formula is C40H57F3N4O7S. The summed E-state index contributed by atoms with van der Waals surface area (Å²) in [4.78, 5) is 53.7. The third-order valence-electron chi connectivity index (χ3n) is 8.84. The number of hydrogen-bond donors (Lipinski definition) is 3. The molecule has 0 spiro atoms. The Morgan fingerprint density at radius 1 is 0.945 bits per heavy atom. The van der Waals surface area contributed by atoms with Gasteiger partial charge in [-0.1, -0.05) is 89.2 Å². The fourth-order valence-electron chi connectivity index (χ4n) is 5.42. The van der Waals surface area contributed by atoms with E-state index in [0.29, 0.717) is 32.3 Å². The van der Waals surface area contributed by atoms with Gasteiger partial charge in [-0.25, -0.2) is 9.00 Å². The molecule has 0 radical (unpaired) electrons. The number of halogens is 3. The maximum atomic E-state index is 13.8. The third-order valence-corrected chi connectivity index (χ3v) is 10.3. The van der Waals surface area contributed by atoms with Gasteiger partial charge in [-0.2, -0.15) is 13.2 Å². The lowest BCUT2D eigenvalue weighted by Crippen LogP contribution is -2.56. The Balaban J connectivity index is 0.00000121. The van der Waals surface area contributed by atoms with Crippen molar-refractivity contribution in [3.63, 3.8) is 0 Å². The number of alkyl carbamates (subject to hydrolysis) is 1. The smallest absolute Gasteiger partial charge is 0.427 e. The lowest BCUT2D eigenvalue weighted by molar-refractivity contribution is -0.243. The molecule has 11 nitrogen and oxygen atoms in total. The van der Waals surface area contributed by atoms with Gasteiger partial charge in [0, 0.05) is 13.5 Å². The van der Waals surface area contributed by atoms with Crippen molar-refractivity contribution >= 4 is 34.8 Å². The second-order valence-corrected chi connectivity index (χ2v) is 15.8. The Morgan fingerprint density at radius 3 is 1.95 bits per heavy atom. The zero-order chi connectivity index (χ0) is 41.8. The molecule has 15 heteroatoms. The fraction of sp³-hybridized carbons (Fsp3) is 0.550. The van der Waals surface area contributed by atoms with Crippen LogP contribution in [0.25, 0.3) is 11.1 Å². The number of carbonyl (C=O) groups is 4. The van der Waals surface area contributed by atoms with Gasteiger partial charge in [-0.15, -0.1) is 13.2 Å². The number of likely N-dealkylation sites (tertiary alicyclic amines) is 1. The van der Waals surface area contributed by atoms with Crippen molar-refractivity contribution in [2.24, 2.45) is 5.92 Å². The summed E-state index contributed by atoms with van der Waals surface area (Å²) in [6.07, 6.45) is -4.23. The maximum Gasteiger partial charge on any atom is 0.427 e. The fourth-order valence-corrected chi connectivity index (χ4v) is 6.53. The van der Waals surface area contributed by atoms with Crippen LogP contribution in [-0.4, -0.2) is 81.7 Å². The summed E-state index contributed by atoms with van der Waals surface area (Å²) in [7, 11) is -0.125. The lowest BCUT2D eigenvalue weighted by Gasteiger charge is -2.29. The predicted octanol–water partition coefficient (Wildman–Crippen LogP) is 6.95. The first-order valence-corrected chi connectivity index (χ1v) is 19.6. The molecule has 306 valence electrons. The number of methoxy groups -OCH3 is 1. The summed E-state index contributed by atoms with van der Waals surface area (Å²) in [6, 6.07) is 15.9. The van der Waals surface area contributed by atoms with Crippen LogP contribution in [0.4, 0.5) is 18.0 Å². The summed E-state index contributed by atoms with van der Waals surface area (Å²) in [5.41, 5.74) is -2.71. The average molecular weight is 795 g/mol. The van der Waals surface area contributed by atoms with Crippen LogP contribution in [-0.2, 0) is 40.4 Å². The number of hydrogen-bond acceptors (Lipinski definition) is 7. The molecule has 0 aromatic heterocycles. The van der Waals surface area contributed by atoms with Crippen LogP contribution in [0.2, 0.25) is 0 Å². The molecule has 1 saturated heterocycles. The van der Waals surface area contributed by atoms with Gasteiger partial charge in [0.25, 0.3) is 5.91 Å². The van der Waals surface area contributed by atoms with Crippen LogP contribution >= 0.6 is 0 Å². The van der Waals surface area contributed by atoms with E-state index in [2.05, 4.69) is 54.0 Å². The van der Waals surface area contributed by atoms with E-state index in [-0.39, 0.29) is 18.2 Å². The van der Waals surface area contributed by atoms with Crippen LogP contribution in [0.15, 0.2) is 67.8 Å². The highest BCUT2D eigenvalue weighted by Crippen LogP contribution is 2.42. The summed E-state index contributed by atoms with van der Waals surface area (Å²) < 4.78 is 64.9. The van der Waals surface area contributed by atoms with Crippen LogP contribution in [0, 0.1) is 5.92 Å². The van der Waals surface area contributed by atoms with Gasteiger partial charge in [0.15, 0.2) is 0 Å². The van der Waals surface area contributed by atoms with Gasteiger partial charge < -0.3 is 25.0 Å². The van der Waals surface area contributed by atoms with E-state index < -0.39 is 70.3 Å². The average Bonchev–Trinajstić information content (AvgIpc) is 4.10. The maximum absolute atomic E-state index is 13.8. The van der Waals surface area contributed by atoms with Crippen molar-refractivity contribution < 1.29 is 46.0 Å². The molecule has 3 aliphatic rings. The minimum atomic E-state index is -4.85. The number of carbonyl (C=O) groups excluding carboxylic acids is 4. The van der Waals surface area contributed by atoms with Gasteiger partial charge >= 0.3 is 12.3 Å². The highest BCUT2D eigenvalue weighted by molar-refractivity contribution is 7.84. The summed E-state index contributed by atoms with van der Waals surface area (Å²) in [5, 5.41) is 4.69. The predicted molar refractivity (Wildman–Crippen MR) is 208 cm³/mol. The Labute approximate surface area is 325 Å². The van der Waals surface area contributed by atoms with Crippen LogP contribution < -0.4 is 15.4 Å². The molecule has 1 aliphatic heterocycles. The van der Waals surface area contributed by atoms with Crippen molar-refractivity contribution in [3.05, 3.63) is 73.3 Å². The van der Waals surface area contributed by atoms with E-state index in [1.807, 2.05) is 68.4 Å². The van der Waals surface area contributed by atoms with E-state index >= 15 is 0 Å². The van der Waals surface area contributed by atoms with Crippen molar-refractivity contribution in [1.29, 1.82) is 0 Å². The number of nitrogens with zero attached hydrogens (tertiary/aromatic N) is 1. The standard InChI is InChI=1S/C32H37F3N4O7S.C4H10.C2H6.C2H4/c1-29(2,32(33,34)35)46-28(43)36-18-25(40)39-19-31(45-3,22-11-9-21(10-12-22)20-7-5-4-6-8-20)17-24(39)26(41)37-30(15-16-30)27(42)38-47(44)23-13-14-23;1-4(2)3;2*1-2/h4-12,23-24H,13-19H2,1-3H3,(H,36,43)(H,37,41)(H,38,42);4H,1-3H3;1-2H3;1-2H2/t24-,31-,47?;;;/m0.../s1. The summed E-state index contributed by atoms with van der Waals surface area (Å²) >= 11 is 0. The minimum Gasteiger partial charge on any atom is -0.434 e. The molecule has 4 amide bonds. The second kappa shape index (κ2) is 20.1. The van der Waals surface area contributed by atoms with Crippen molar-refractivity contribution in [2.75, 3.05) is 20.2 Å². The van der Waals surface area contributed by atoms with E-state index in [9.17, 15) is 36.6 Å². The highest BCUT2D eigenvalue weighted by atomic mass is 32.2. The Bertz CT molecular complexity index is 1610. The Morgan fingerprint density at radius 2 is 1.47 bits per heavy atom. The SMILES string of the molecule is C=C.CC.CC(C)C.CO[C@@]1(c2ccc(-c3ccccc3)cc2)C[C@@H](C(=O)NC2(C(=O)NS(=O)C3CC3)CC2)N(C(=O)CNC(=O)OC(C)(C)C(F)(F)F)C1. The third kappa shape index (κ3) is 12.6. The first-order valence-electron chi connectivity index (χ1n) is 18.4. The van der Waals surface area contributed by atoms with Gasteiger partial charge in [0.1, 0.15) is 34.7 Å². The van der Waals surface area contributed by atoms with Gasteiger partial charge in [-0.3, -0.25) is 19.1 Å². The second-order valence-electron chi connectivity index (χ2n) is 14.4. The van der Waals surface area contributed by atoms with E-state index in [4.69, 9.17) is 4.74 Å². The number of ether oxygens (including phenoxy) is 2. The zero-order valence-electron chi connectivity index (χ0n) is 33.1. The Hall–Kier alpha value is -4.24. The minimum absolute atomic E-state index is 0.0248. The molecule has 2 aliphatic carbocycles. The van der Waals surface area contributed by atoms with Crippen molar-refractivity contribution in [2.45, 2.75) is 115 Å². The largest absolute Gasteiger partial charge is 0.434 e. The van der Waals surface area contributed by atoms with E-state index in [1.165, 1.54) is 12.0 Å². The molecule has 3 fully saturated rings. The number of nitrogens with one attached hydrogen (secondary N) is 3. The molecule has 2 saturated carbocycles. The van der Waals surface area contributed by atoms with E-state index in [1.54, 1.807) is 0 Å². The molecule has 1 heterocycles. The molecule has 3 atom stereocenters. The van der Waals surface area contributed by atoms with Crippen LogP contribution in [0.1, 0.15) is 86.1 Å². The van der Waals surface area contributed by atoms with Gasteiger partial charge in [-0.05, 0) is 62.1 Å². The first-order chi connectivity index (χ1) is 25.8. The first kappa shape index (κ1) is 46.9. The molecule has 55 heavy (non-hydrogen) atoms. The molecule has 2 aromatic rings. The molecule has 1 unspecified atom stereocenters. The van der Waals surface area contributed by atoms with Gasteiger partial charge in [0.2, 0.25) is 17.4 Å². The summed E-state index contributed by atoms with van der Waals surface area (Å²) in [6.45, 7) is 16.9. The number of alkyl halides is 3. The molecule has 0 bridgehead atoms. The van der Waals surface area contributed by atoms with E-state index in [0.717, 1.165) is 29.9 Å². The zero-order valence-corrected chi connectivity index (χ0v) is 34.0. The number of amides is 4. The monoisotopic (exact) mass is 794 g/mol. The Kier molecular flexibility index (Phi) is 17.1. The molecule has 2 aromatic carbocycles. The van der Waals surface area contributed by atoms with Crippen molar-refractivity contribution in [3.8, 4) is 11.1 Å². The summed E-state index contributed by atoms with van der Waals surface area (Å²) in [5.74, 6) is -1.18. The van der Waals surface area contributed by atoms with Crippen LogP contribution in [0.5, 0.6) is 0 Å². The number of rotatable bonds is 11. The molecule has 5 rings (SSSR count). The molecule has 3 N–H and O–H groups in total. The lowest BCUT2D eigenvalue weighted by atomic mass is 9.89. The van der Waals surface area contributed by atoms with Crippen LogP contribution in [0.3, 0.4) is 0 Å². The molecular weight excluding hydrogens is 738 g/mol. The quantitative estimate of drug-likeness (QED) is 0.209. The van der Waals surface area contributed by atoms with Gasteiger partial charge in [0.05, 0.1) is 11.8 Å². The van der Waals surface area contributed by atoms with Crippen molar-refractivity contribution in [1.82, 2.24) is 20.3 Å².